The molecule has 1 aliphatic carbocycles. The second-order valence-electron chi connectivity index (χ2n) is 6.60. The largest absolute Gasteiger partial charge is 0.302 e. The third-order valence-electron chi connectivity index (χ3n) is 4.76. The van der Waals surface area contributed by atoms with Crippen LogP contribution in [0.3, 0.4) is 0 Å². The lowest BCUT2D eigenvalue weighted by atomic mass is 9.89. The lowest BCUT2D eigenvalue weighted by molar-refractivity contribution is -0.127. The van der Waals surface area contributed by atoms with Crippen molar-refractivity contribution in [2.75, 3.05) is 0 Å². The van der Waals surface area contributed by atoms with Gasteiger partial charge in [-0.25, -0.2) is 4.98 Å². The van der Waals surface area contributed by atoms with E-state index < -0.39 is 5.92 Å². The second-order valence-corrected chi connectivity index (χ2v) is 8.72. The summed E-state index contributed by atoms with van der Waals surface area (Å²) in [6, 6.07) is 7.91. The van der Waals surface area contributed by atoms with Gasteiger partial charge in [0.15, 0.2) is 5.78 Å². The molecule has 0 N–H and O–H groups in total. The SMILES string of the molecule is Cc1sc(-c2ccc(Br)cc2)nc1C(C=O)C(=O)[C@@H]1CC[C@@H](C)C1. The predicted molar refractivity (Wildman–Crippen MR) is 100 cm³/mol. The van der Waals surface area contributed by atoms with Gasteiger partial charge in [0, 0.05) is 20.8 Å². The van der Waals surface area contributed by atoms with Crippen LogP contribution in [0.1, 0.15) is 42.7 Å². The highest BCUT2D eigenvalue weighted by Gasteiger charge is 2.34. The number of hydrogen-bond acceptors (Lipinski definition) is 4. The molecule has 3 nitrogen and oxygen atoms in total. The van der Waals surface area contributed by atoms with Crippen molar-refractivity contribution in [1.29, 1.82) is 0 Å². The predicted octanol–water partition coefficient (Wildman–Crippen LogP) is 5.17. The van der Waals surface area contributed by atoms with Crippen LogP contribution < -0.4 is 0 Å². The van der Waals surface area contributed by atoms with Gasteiger partial charge in [0.25, 0.3) is 0 Å². The van der Waals surface area contributed by atoms with E-state index in [-0.39, 0.29) is 11.7 Å². The number of benzene rings is 1. The van der Waals surface area contributed by atoms with E-state index in [1.807, 2.05) is 31.2 Å². The van der Waals surface area contributed by atoms with Crippen molar-refractivity contribution in [3.63, 3.8) is 0 Å². The number of thiazole rings is 1. The van der Waals surface area contributed by atoms with Gasteiger partial charge in [-0.05, 0) is 44.2 Å². The smallest absolute Gasteiger partial charge is 0.152 e. The van der Waals surface area contributed by atoms with Crippen LogP contribution in [0.2, 0.25) is 0 Å². The zero-order valence-corrected chi connectivity index (χ0v) is 16.2. The molecule has 1 unspecified atom stereocenters. The summed E-state index contributed by atoms with van der Waals surface area (Å²) in [6.07, 6.45) is 3.64. The summed E-state index contributed by atoms with van der Waals surface area (Å²) in [5, 5.41) is 0.856. The fraction of sp³-hybridized carbons (Fsp3) is 0.421. The second kappa shape index (κ2) is 7.28. The molecular weight excluding hydrogens is 386 g/mol. The summed E-state index contributed by atoms with van der Waals surface area (Å²) in [7, 11) is 0. The number of ketones is 1. The minimum atomic E-state index is -0.722. The molecule has 1 heterocycles. The number of aryl methyl sites for hydroxylation is 1. The zero-order chi connectivity index (χ0) is 17.3. The van der Waals surface area contributed by atoms with Gasteiger partial charge in [0.2, 0.25) is 0 Å². The first kappa shape index (κ1) is 17.5. The molecule has 0 bridgehead atoms. The van der Waals surface area contributed by atoms with Crippen molar-refractivity contribution >= 4 is 39.3 Å². The number of Topliss-reactive ketones (excluding diaryl/α,β-unsaturated/α-hetero) is 1. The lowest BCUT2D eigenvalue weighted by Crippen LogP contribution is -2.22. The van der Waals surface area contributed by atoms with E-state index in [2.05, 4.69) is 27.8 Å². The van der Waals surface area contributed by atoms with E-state index in [0.29, 0.717) is 11.6 Å². The molecule has 1 saturated carbocycles. The molecule has 0 amide bonds. The molecule has 1 fully saturated rings. The molecule has 5 heteroatoms. The number of halogens is 1. The minimum Gasteiger partial charge on any atom is -0.302 e. The Morgan fingerprint density at radius 1 is 1.33 bits per heavy atom. The Morgan fingerprint density at radius 3 is 2.62 bits per heavy atom. The van der Waals surface area contributed by atoms with Gasteiger partial charge in [-0.3, -0.25) is 4.79 Å². The number of carbonyl (C=O) groups is 2. The van der Waals surface area contributed by atoms with Crippen LogP contribution in [0, 0.1) is 18.8 Å². The Hall–Kier alpha value is -1.33. The van der Waals surface area contributed by atoms with Crippen LogP contribution in [0.15, 0.2) is 28.7 Å². The maximum absolute atomic E-state index is 12.8. The minimum absolute atomic E-state index is 0.00688. The number of aldehydes is 1. The molecule has 3 rings (SSSR count). The first-order valence-electron chi connectivity index (χ1n) is 8.22. The fourth-order valence-electron chi connectivity index (χ4n) is 3.40. The average Bonchev–Trinajstić information content (AvgIpc) is 3.15. The highest BCUT2D eigenvalue weighted by atomic mass is 79.9. The molecular formula is C19H20BrNO2S. The van der Waals surface area contributed by atoms with E-state index >= 15 is 0 Å². The first-order valence-corrected chi connectivity index (χ1v) is 9.82. The molecule has 0 aliphatic heterocycles. The highest BCUT2D eigenvalue weighted by molar-refractivity contribution is 9.10. The maximum atomic E-state index is 12.8. The highest BCUT2D eigenvalue weighted by Crippen LogP contribution is 2.37. The first-order chi connectivity index (χ1) is 11.5. The van der Waals surface area contributed by atoms with E-state index in [1.54, 1.807) is 0 Å². The van der Waals surface area contributed by atoms with Gasteiger partial charge >= 0.3 is 0 Å². The zero-order valence-electron chi connectivity index (χ0n) is 13.8. The number of rotatable bonds is 5. The Kier molecular flexibility index (Phi) is 5.30. The third-order valence-corrected chi connectivity index (χ3v) is 6.32. The average molecular weight is 406 g/mol. The molecule has 1 aromatic heterocycles. The summed E-state index contributed by atoms with van der Waals surface area (Å²) in [5.74, 6) is -0.0978. The summed E-state index contributed by atoms with van der Waals surface area (Å²) in [6.45, 7) is 4.11. The monoisotopic (exact) mass is 405 g/mol. The van der Waals surface area contributed by atoms with Crippen LogP contribution in [0.25, 0.3) is 10.6 Å². The van der Waals surface area contributed by atoms with E-state index in [0.717, 1.165) is 45.5 Å². The summed E-state index contributed by atoms with van der Waals surface area (Å²) >= 11 is 4.97. The van der Waals surface area contributed by atoms with Crippen LogP contribution in [-0.2, 0) is 9.59 Å². The van der Waals surface area contributed by atoms with Crippen molar-refractivity contribution < 1.29 is 9.59 Å². The molecule has 24 heavy (non-hydrogen) atoms. The van der Waals surface area contributed by atoms with Crippen molar-refractivity contribution in [2.45, 2.75) is 39.0 Å². The van der Waals surface area contributed by atoms with E-state index in [4.69, 9.17) is 0 Å². The van der Waals surface area contributed by atoms with Crippen molar-refractivity contribution in [3.05, 3.63) is 39.3 Å². The number of hydrogen-bond donors (Lipinski definition) is 0. The van der Waals surface area contributed by atoms with Gasteiger partial charge < -0.3 is 4.79 Å². The van der Waals surface area contributed by atoms with Gasteiger partial charge in [-0.2, -0.15) is 0 Å². The Morgan fingerprint density at radius 2 is 2.04 bits per heavy atom. The Balaban J connectivity index is 1.88. The molecule has 1 aromatic carbocycles. The molecule has 0 spiro atoms. The van der Waals surface area contributed by atoms with Crippen molar-refractivity contribution in [3.8, 4) is 10.6 Å². The summed E-state index contributed by atoms with van der Waals surface area (Å²) < 4.78 is 1.01. The van der Waals surface area contributed by atoms with Crippen LogP contribution in [0.5, 0.6) is 0 Å². The fourth-order valence-corrected chi connectivity index (χ4v) is 4.63. The van der Waals surface area contributed by atoms with Crippen LogP contribution >= 0.6 is 27.3 Å². The molecule has 1 aliphatic rings. The maximum Gasteiger partial charge on any atom is 0.152 e. The number of nitrogens with zero attached hydrogens (tertiary/aromatic N) is 1. The van der Waals surface area contributed by atoms with E-state index in [1.165, 1.54) is 11.3 Å². The number of aromatic nitrogens is 1. The van der Waals surface area contributed by atoms with Gasteiger partial charge in [0.1, 0.15) is 17.2 Å². The van der Waals surface area contributed by atoms with Gasteiger partial charge in [-0.1, -0.05) is 35.0 Å². The molecule has 0 radical (unpaired) electrons. The normalized spacial score (nSPS) is 21.6. The topological polar surface area (TPSA) is 47.0 Å². The van der Waals surface area contributed by atoms with Gasteiger partial charge in [-0.15, -0.1) is 11.3 Å². The van der Waals surface area contributed by atoms with Gasteiger partial charge in [0.05, 0.1) is 5.69 Å². The molecule has 126 valence electrons. The third kappa shape index (κ3) is 3.52. The van der Waals surface area contributed by atoms with Crippen molar-refractivity contribution in [1.82, 2.24) is 4.98 Å². The van der Waals surface area contributed by atoms with Crippen LogP contribution in [-0.4, -0.2) is 17.1 Å². The molecule has 3 atom stereocenters. The molecule has 0 saturated heterocycles. The van der Waals surface area contributed by atoms with E-state index in [9.17, 15) is 9.59 Å². The number of carbonyl (C=O) groups excluding carboxylic acids is 2. The Bertz CT molecular complexity index is 753. The molecule has 2 aromatic rings. The summed E-state index contributed by atoms with van der Waals surface area (Å²) in [4.78, 5) is 30.0. The Labute approximate surface area is 154 Å². The van der Waals surface area contributed by atoms with Crippen molar-refractivity contribution in [2.24, 2.45) is 11.8 Å². The standard InChI is InChI=1S/C19H20BrNO2S/c1-11-3-4-14(9-11)18(23)16(10-22)17-12(2)24-19(21-17)13-5-7-15(20)8-6-13/h5-8,10-11,14,16H,3-4,9H2,1-2H3/t11-,14-,16?/m1/s1. The summed E-state index contributed by atoms with van der Waals surface area (Å²) in [5.41, 5.74) is 1.64. The quantitative estimate of drug-likeness (QED) is 0.509. The lowest BCUT2D eigenvalue weighted by Gasteiger charge is -2.13. The van der Waals surface area contributed by atoms with Crippen LogP contribution in [0.4, 0.5) is 0 Å².